The fourth-order valence-corrected chi connectivity index (χ4v) is 1.91. The summed E-state index contributed by atoms with van der Waals surface area (Å²) in [4.78, 5) is 11.3. The summed E-state index contributed by atoms with van der Waals surface area (Å²) < 4.78 is 15.9. The standard InChI is InChI=1S/C16H14O4/c1-2-16(17)20-15-5-3-4-11-8-12(6-7-14(11)15)18-9-13-10-19-13/h2-8,13H,1,9-10H2. The first-order chi connectivity index (χ1) is 9.76. The summed E-state index contributed by atoms with van der Waals surface area (Å²) in [5.41, 5.74) is 0. The number of carbonyl (C=O) groups is 1. The zero-order chi connectivity index (χ0) is 13.9. The predicted molar refractivity (Wildman–Crippen MR) is 75.0 cm³/mol. The first-order valence-electron chi connectivity index (χ1n) is 6.38. The van der Waals surface area contributed by atoms with E-state index in [0.717, 1.165) is 29.2 Å². The maximum atomic E-state index is 11.3. The van der Waals surface area contributed by atoms with Crippen LogP contribution in [0.1, 0.15) is 0 Å². The number of rotatable bonds is 5. The van der Waals surface area contributed by atoms with Gasteiger partial charge >= 0.3 is 5.97 Å². The highest BCUT2D eigenvalue weighted by Crippen LogP contribution is 2.29. The van der Waals surface area contributed by atoms with Crippen molar-refractivity contribution in [3.8, 4) is 11.5 Å². The normalized spacial score (nSPS) is 16.7. The molecular formula is C16H14O4. The second-order valence-electron chi connectivity index (χ2n) is 4.53. The van der Waals surface area contributed by atoms with Gasteiger partial charge in [0.15, 0.2) is 0 Å². The first kappa shape index (κ1) is 12.7. The van der Waals surface area contributed by atoms with Crippen molar-refractivity contribution >= 4 is 16.7 Å². The predicted octanol–water partition coefficient (Wildman–Crippen LogP) is 2.71. The minimum atomic E-state index is -0.469. The van der Waals surface area contributed by atoms with E-state index in [4.69, 9.17) is 14.2 Å². The van der Waals surface area contributed by atoms with Gasteiger partial charge in [0.1, 0.15) is 24.2 Å². The average Bonchev–Trinajstić information content (AvgIpc) is 3.29. The maximum Gasteiger partial charge on any atom is 0.335 e. The molecule has 0 aromatic heterocycles. The van der Waals surface area contributed by atoms with E-state index in [0.29, 0.717) is 12.4 Å². The highest BCUT2D eigenvalue weighted by Gasteiger charge is 2.23. The molecule has 4 nitrogen and oxygen atoms in total. The highest BCUT2D eigenvalue weighted by molar-refractivity contribution is 5.93. The van der Waals surface area contributed by atoms with Gasteiger partial charge in [-0.2, -0.15) is 0 Å². The number of benzene rings is 2. The molecule has 1 aliphatic rings. The van der Waals surface area contributed by atoms with Crippen LogP contribution in [0.3, 0.4) is 0 Å². The molecule has 0 radical (unpaired) electrons. The highest BCUT2D eigenvalue weighted by atomic mass is 16.6. The van der Waals surface area contributed by atoms with Gasteiger partial charge in [0.2, 0.25) is 0 Å². The Hall–Kier alpha value is -2.33. The minimum Gasteiger partial charge on any atom is -0.491 e. The van der Waals surface area contributed by atoms with Crippen molar-refractivity contribution in [3.63, 3.8) is 0 Å². The summed E-state index contributed by atoms with van der Waals surface area (Å²) in [6.45, 7) is 4.73. The van der Waals surface area contributed by atoms with Crippen molar-refractivity contribution in [1.82, 2.24) is 0 Å². The van der Waals surface area contributed by atoms with Gasteiger partial charge < -0.3 is 14.2 Å². The van der Waals surface area contributed by atoms with Crippen LogP contribution in [0.5, 0.6) is 11.5 Å². The molecule has 1 heterocycles. The summed E-state index contributed by atoms with van der Waals surface area (Å²) in [6.07, 6.45) is 1.37. The largest absolute Gasteiger partial charge is 0.491 e. The third kappa shape index (κ3) is 2.81. The van der Waals surface area contributed by atoms with Crippen LogP contribution in [0.15, 0.2) is 49.1 Å². The molecule has 102 valence electrons. The van der Waals surface area contributed by atoms with E-state index < -0.39 is 5.97 Å². The topological polar surface area (TPSA) is 48.1 Å². The Morgan fingerprint density at radius 3 is 3.00 bits per heavy atom. The Morgan fingerprint density at radius 1 is 1.40 bits per heavy atom. The van der Waals surface area contributed by atoms with Crippen LogP contribution in [-0.4, -0.2) is 25.3 Å². The van der Waals surface area contributed by atoms with Gasteiger partial charge in [-0.15, -0.1) is 0 Å². The number of esters is 1. The van der Waals surface area contributed by atoms with Gasteiger partial charge in [-0.1, -0.05) is 18.7 Å². The number of carbonyl (C=O) groups excluding carboxylic acids is 1. The van der Waals surface area contributed by atoms with Crippen molar-refractivity contribution in [1.29, 1.82) is 0 Å². The maximum absolute atomic E-state index is 11.3. The SMILES string of the molecule is C=CC(=O)Oc1cccc2cc(OCC3CO3)ccc12. The molecule has 4 heteroatoms. The van der Waals surface area contributed by atoms with Crippen LogP contribution in [0.2, 0.25) is 0 Å². The van der Waals surface area contributed by atoms with Crippen molar-refractivity contribution in [3.05, 3.63) is 49.1 Å². The molecule has 1 atom stereocenters. The van der Waals surface area contributed by atoms with Gasteiger partial charge in [0, 0.05) is 11.5 Å². The lowest BCUT2D eigenvalue weighted by Gasteiger charge is -2.08. The molecule has 0 aliphatic carbocycles. The molecule has 1 saturated heterocycles. The smallest absolute Gasteiger partial charge is 0.335 e. The van der Waals surface area contributed by atoms with Crippen LogP contribution in [0, 0.1) is 0 Å². The van der Waals surface area contributed by atoms with E-state index in [9.17, 15) is 4.79 Å². The van der Waals surface area contributed by atoms with Crippen molar-refractivity contribution in [2.24, 2.45) is 0 Å². The first-order valence-corrected chi connectivity index (χ1v) is 6.38. The molecule has 1 unspecified atom stereocenters. The van der Waals surface area contributed by atoms with Crippen LogP contribution >= 0.6 is 0 Å². The van der Waals surface area contributed by atoms with E-state index in [-0.39, 0.29) is 6.10 Å². The number of ether oxygens (including phenoxy) is 3. The van der Waals surface area contributed by atoms with Crippen molar-refractivity contribution < 1.29 is 19.0 Å². The second kappa shape index (κ2) is 5.35. The summed E-state index contributed by atoms with van der Waals surface area (Å²) in [5, 5.41) is 1.81. The number of hydrogen-bond acceptors (Lipinski definition) is 4. The Kier molecular flexibility index (Phi) is 3.39. The fourth-order valence-electron chi connectivity index (χ4n) is 1.91. The molecule has 2 aromatic carbocycles. The van der Waals surface area contributed by atoms with E-state index in [1.807, 2.05) is 30.3 Å². The summed E-state index contributed by atoms with van der Waals surface area (Å²) in [6, 6.07) is 11.2. The Bertz CT molecular complexity index is 659. The fraction of sp³-hybridized carbons (Fsp3) is 0.188. The second-order valence-corrected chi connectivity index (χ2v) is 4.53. The lowest BCUT2D eigenvalue weighted by atomic mass is 10.1. The van der Waals surface area contributed by atoms with Crippen molar-refractivity contribution in [2.45, 2.75) is 6.10 Å². The molecular weight excluding hydrogens is 256 g/mol. The van der Waals surface area contributed by atoms with Gasteiger partial charge in [-0.3, -0.25) is 0 Å². The third-order valence-corrected chi connectivity index (χ3v) is 3.03. The number of epoxide rings is 1. The molecule has 0 spiro atoms. The van der Waals surface area contributed by atoms with E-state index >= 15 is 0 Å². The summed E-state index contributed by atoms with van der Waals surface area (Å²) in [5.74, 6) is 0.827. The summed E-state index contributed by atoms with van der Waals surface area (Å²) in [7, 11) is 0. The molecule has 3 rings (SSSR count). The van der Waals surface area contributed by atoms with Crippen molar-refractivity contribution in [2.75, 3.05) is 13.2 Å². The Labute approximate surface area is 116 Å². The molecule has 0 bridgehead atoms. The minimum absolute atomic E-state index is 0.227. The van der Waals surface area contributed by atoms with Gasteiger partial charge in [-0.25, -0.2) is 4.79 Å². The zero-order valence-corrected chi connectivity index (χ0v) is 10.9. The van der Waals surface area contributed by atoms with E-state index in [1.54, 1.807) is 6.07 Å². The van der Waals surface area contributed by atoms with Gasteiger partial charge in [0.05, 0.1) is 6.61 Å². The molecule has 0 saturated carbocycles. The van der Waals surface area contributed by atoms with E-state index in [1.165, 1.54) is 0 Å². The quantitative estimate of drug-likeness (QED) is 0.363. The molecule has 1 fully saturated rings. The molecule has 0 amide bonds. The third-order valence-electron chi connectivity index (χ3n) is 3.03. The lowest BCUT2D eigenvalue weighted by Crippen LogP contribution is -2.04. The molecule has 1 aliphatic heterocycles. The van der Waals surface area contributed by atoms with Crippen LogP contribution < -0.4 is 9.47 Å². The van der Waals surface area contributed by atoms with Crippen LogP contribution in [-0.2, 0) is 9.53 Å². The zero-order valence-electron chi connectivity index (χ0n) is 10.9. The summed E-state index contributed by atoms with van der Waals surface area (Å²) >= 11 is 0. The monoisotopic (exact) mass is 270 g/mol. The Balaban J connectivity index is 1.86. The molecule has 2 aromatic rings. The Morgan fingerprint density at radius 2 is 2.25 bits per heavy atom. The van der Waals surface area contributed by atoms with Crippen LogP contribution in [0.25, 0.3) is 10.8 Å². The molecule has 0 N–H and O–H groups in total. The number of fused-ring (bicyclic) bond motifs is 1. The van der Waals surface area contributed by atoms with Crippen LogP contribution in [0.4, 0.5) is 0 Å². The van der Waals surface area contributed by atoms with E-state index in [2.05, 4.69) is 6.58 Å². The van der Waals surface area contributed by atoms with Gasteiger partial charge in [0.25, 0.3) is 0 Å². The number of hydrogen-bond donors (Lipinski definition) is 0. The van der Waals surface area contributed by atoms with Gasteiger partial charge in [-0.05, 0) is 29.7 Å². The molecule has 20 heavy (non-hydrogen) atoms. The average molecular weight is 270 g/mol. The lowest BCUT2D eigenvalue weighted by molar-refractivity contribution is -0.128.